The third-order valence-corrected chi connectivity index (χ3v) is 16.7. The molecule has 3 aromatic rings. The molecule has 43 heavy (non-hydrogen) atoms. The second-order valence-electron chi connectivity index (χ2n) is 13.0. The number of thiophene rings is 1. The largest absolute Gasteiger partial charge is 0.413 e. The van der Waals surface area contributed by atoms with Crippen LogP contribution >= 0.6 is 22.9 Å². The van der Waals surface area contributed by atoms with Crippen LogP contribution in [0.5, 0.6) is 0 Å². The van der Waals surface area contributed by atoms with Gasteiger partial charge in [-0.05, 0) is 67.1 Å². The van der Waals surface area contributed by atoms with Gasteiger partial charge in [0.25, 0.3) is 0 Å². The molecule has 7 nitrogen and oxygen atoms in total. The van der Waals surface area contributed by atoms with Gasteiger partial charge in [-0.2, -0.15) is 0 Å². The van der Waals surface area contributed by atoms with E-state index in [4.69, 9.17) is 16.0 Å². The normalized spacial score (nSPS) is 20.7. The third kappa shape index (κ3) is 6.77. The molecule has 1 aliphatic rings. The van der Waals surface area contributed by atoms with Gasteiger partial charge in [0.05, 0.1) is 16.5 Å². The highest BCUT2D eigenvalue weighted by atomic mass is 35.5. The Kier molecular flexibility index (Phi) is 10.6. The average Bonchev–Trinajstić information content (AvgIpc) is 3.53. The van der Waals surface area contributed by atoms with Gasteiger partial charge in [0.1, 0.15) is 17.7 Å². The van der Waals surface area contributed by atoms with Gasteiger partial charge in [-0.15, -0.1) is 11.3 Å². The van der Waals surface area contributed by atoms with Gasteiger partial charge in [-0.1, -0.05) is 65.3 Å². The van der Waals surface area contributed by atoms with E-state index in [0.717, 1.165) is 17.7 Å². The predicted molar refractivity (Wildman–Crippen MR) is 178 cm³/mol. The Labute approximate surface area is 266 Å². The van der Waals surface area contributed by atoms with Crippen LogP contribution in [0.25, 0.3) is 0 Å². The summed E-state index contributed by atoms with van der Waals surface area (Å²) < 4.78 is 7.10. The van der Waals surface area contributed by atoms with Crippen molar-refractivity contribution in [2.24, 2.45) is 5.92 Å². The number of hydrogen-bond acceptors (Lipinski definition) is 8. The van der Waals surface area contributed by atoms with Gasteiger partial charge in [-0.3, -0.25) is 4.79 Å². The van der Waals surface area contributed by atoms with Crippen LogP contribution in [0, 0.1) is 12.8 Å². The highest BCUT2D eigenvalue weighted by molar-refractivity contribution is 7.14. The number of anilines is 1. The molecular weight excluding hydrogens is 598 g/mol. The van der Waals surface area contributed by atoms with Crippen LogP contribution in [0.3, 0.4) is 0 Å². The number of hydrogen-bond donors (Lipinski definition) is 3. The van der Waals surface area contributed by atoms with Crippen LogP contribution in [0.15, 0.2) is 42.9 Å². The van der Waals surface area contributed by atoms with E-state index in [1.807, 2.05) is 13.0 Å². The highest BCUT2D eigenvalue weighted by Crippen LogP contribution is 2.46. The van der Waals surface area contributed by atoms with Gasteiger partial charge in [0.2, 0.25) is 14.1 Å². The molecule has 4 rings (SSSR count). The fourth-order valence-corrected chi connectivity index (χ4v) is 14.1. The number of aliphatic hydroxyl groups is 2. The first kappa shape index (κ1) is 33.7. The van der Waals surface area contributed by atoms with Crippen LogP contribution in [-0.2, 0) is 10.0 Å². The van der Waals surface area contributed by atoms with Crippen LogP contribution in [-0.4, -0.2) is 53.0 Å². The van der Waals surface area contributed by atoms with Gasteiger partial charge < -0.3 is 20.0 Å². The quantitative estimate of drug-likeness (QED) is 0.137. The number of aliphatic hydroxyl groups excluding tert-OH is 1. The smallest absolute Gasteiger partial charge is 0.208 e. The predicted octanol–water partition coefficient (Wildman–Crippen LogP) is 7.73. The molecule has 1 aromatic carbocycles. The molecule has 10 heteroatoms. The summed E-state index contributed by atoms with van der Waals surface area (Å²) >= 11 is 7.54. The van der Waals surface area contributed by atoms with Crippen LogP contribution in [0.4, 0.5) is 5.82 Å². The molecule has 0 aliphatic heterocycles. The molecule has 234 valence electrons. The van der Waals surface area contributed by atoms with Crippen LogP contribution in [0.2, 0.25) is 21.6 Å². The number of nitrogens with one attached hydrogen (secondary N) is 1. The number of benzene rings is 1. The number of nitrogens with zero attached hydrogens (tertiary/aromatic N) is 2. The van der Waals surface area contributed by atoms with Crippen LogP contribution < -0.4 is 5.32 Å². The minimum Gasteiger partial charge on any atom is -0.413 e. The molecule has 4 atom stereocenters. The van der Waals surface area contributed by atoms with Crippen molar-refractivity contribution in [2.75, 3.05) is 11.9 Å². The number of carbonyl (C=O) groups is 1. The molecule has 0 unspecified atom stereocenters. The first-order valence-corrected chi connectivity index (χ1v) is 18.5. The molecule has 0 bridgehead atoms. The molecule has 1 saturated carbocycles. The second kappa shape index (κ2) is 13.5. The molecule has 1 fully saturated rings. The Hall–Kier alpha value is -2.14. The fraction of sp³-hybridized carbons (Fsp3) is 0.545. The van der Waals surface area contributed by atoms with E-state index in [1.165, 1.54) is 17.7 Å². The first-order valence-electron chi connectivity index (χ1n) is 15.2. The van der Waals surface area contributed by atoms with Gasteiger partial charge in [0, 0.05) is 40.2 Å². The summed E-state index contributed by atoms with van der Waals surface area (Å²) in [6.45, 7) is 17.3. The summed E-state index contributed by atoms with van der Waals surface area (Å²) in [5.41, 5.74) is 1.70. The number of ketones is 1. The standard InChI is InChI=1S/C33H46ClN3O4SSi/c1-19(2)43(20(3)4,21(5)6)41-29-14-26(12-23(29)17-38)37-32-27(16-35-18-36-32)31(39)30-15-28(22(7)42-30)33(8,40)24-10-9-11-25(34)13-24/h9-11,13,15-16,18-21,23,26,29,38,40H,12,14,17H2,1-8H3,(H,35,36,37)/t23-,26-,29+,33-/m1/s1. The number of halogens is 1. The zero-order valence-corrected chi connectivity index (χ0v) is 29.1. The maximum Gasteiger partial charge on any atom is 0.208 e. The summed E-state index contributed by atoms with van der Waals surface area (Å²) in [5, 5.41) is 25.9. The van der Waals surface area contributed by atoms with Crippen molar-refractivity contribution in [3.8, 4) is 0 Å². The molecule has 2 heterocycles. The van der Waals surface area contributed by atoms with E-state index in [0.29, 0.717) is 49.0 Å². The lowest BCUT2D eigenvalue weighted by molar-refractivity contribution is 0.0941. The lowest BCUT2D eigenvalue weighted by atomic mass is 9.88. The molecule has 0 spiro atoms. The van der Waals surface area contributed by atoms with Gasteiger partial charge in [-0.25, -0.2) is 9.97 Å². The zero-order chi connectivity index (χ0) is 31.7. The molecule has 3 N–H and O–H groups in total. The Morgan fingerprint density at radius 3 is 2.44 bits per heavy atom. The van der Waals surface area contributed by atoms with Crippen molar-refractivity contribution in [1.29, 1.82) is 0 Å². The Bertz CT molecular complexity index is 1400. The Balaban J connectivity index is 1.57. The van der Waals surface area contributed by atoms with E-state index >= 15 is 0 Å². The van der Waals surface area contributed by atoms with E-state index in [2.05, 4.69) is 56.8 Å². The van der Waals surface area contributed by atoms with E-state index < -0.39 is 13.9 Å². The minimum atomic E-state index is -2.14. The van der Waals surface area contributed by atoms with Crippen molar-refractivity contribution in [3.63, 3.8) is 0 Å². The van der Waals surface area contributed by atoms with Gasteiger partial charge in [0.15, 0.2) is 0 Å². The van der Waals surface area contributed by atoms with Crippen LogP contribution in [0.1, 0.15) is 92.5 Å². The first-order chi connectivity index (χ1) is 20.2. The number of aryl methyl sites for hydroxylation is 1. The van der Waals surface area contributed by atoms with E-state index in [1.54, 1.807) is 37.4 Å². The maximum atomic E-state index is 13.8. The summed E-state index contributed by atoms with van der Waals surface area (Å²) in [6, 6.07) is 8.88. The average molecular weight is 644 g/mol. The molecule has 0 radical (unpaired) electrons. The number of aromatic nitrogens is 2. The summed E-state index contributed by atoms with van der Waals surface area (Å²) in [7, 11) is -2.14. The topological polar surface area (TPSA) is 105 Å². The molecule has 1 aliphatic carbocycles. The fourth-order valence-electron chi connectivity index (χ4n) is 7.17. The Morgan fingerprint density at radius 1 is 1.16 bits per heavy atom. The van der Waals surface area contributed by atoms with E-state index in [9.17, 15) is 15.0 Å². The van der Waals surface area contributed by atoms with Crippen molar-refractivity contribution < 1.29 is 19.4 Å². The number of rotatable bonds is 12. The number of carbonyl (C=O) groups excluding carboxylic acids is 1. The van der Waals surface area contributed by atoms with Gasteiger partial charge >= 0.3 is 0 Å². The van der Waals surface area contributed by atoms with Crippen molar-refractivity contribution in [3.05, 3.63) is 74.3 Å². The zero-order valence-electron chi connectivity index (χ0n) is 26.5. The monoisotopic (exact) mass is 643 g/mol. The summed E-state index contributed by atoms with van der Waals surface area (Å²) in [6.07, 6.45) is 4.38. The summed E-state index contributed by atoms with van der Waals surface area (Å²) in [4.78, 5) is 23.8. The highest BCUT2D eigenvalue weighted by Gasteiger charge is 2.49. The molecule has 0 saturated heterocycles. The Morgan fingerprint density at radius 2 is 1.84 bits per heavy atom. The van der Waals surface area contributed by atoms with Crippen molar-refractivity contribution in [2.45, 2.75) is 103 Å². The maximum absolute atomic E-state index is 13.8. The second-order valence-corrected chi connectivity index (χ2v) is 20.1. The lowest BCUT2D eigenvalue weighted by Crippen LogP contribution is -2.51. The molecule has 2 aromatic heterocycles. The SMILES string of the molecule is Cc1sc(C(=O)c2cncnc2N[C@@H]2C[C@H](CO)[C@@H](O[Si](C(C)C)(C(C)C)C(C)C)C2)cc1[C@](C)(O)c1cccc(Cl)c1. The van der Waals surface area contributed by atoms with Crippen molar-refractivity contribution in [1.82, 2.24) is 9.97 Å². The summed E-state index contributed by atoms with van der Waals surface area (Å²) in [5.74, 6) is 0.272. The lowest BCUT2D eigenvalue weighted by Gasteiger charge is -2.45. The van der Waals surface area contributed by atoms with E-state index in [-0.39, 0.29) is 30.5 Å². The third-order valence-electron chi connectivity index (χ3n) is 9.28. The minimum absolute atomic E-state index is 0.00835. The molecular formula is C33H46ClN3O4SSi. The van der Waals surface area contributed by atoms with Crippen molar-refractivity contribution >= 4 is 42.9 Å². The molecule has 0 amide bonds.